The molecule has 3 heterocycles. The lowest BCUT2D eigenvalue weighted by molar-refractivity contribution is -0.384. The molecule has 0 spiro atoms. The zero-order chi connectivity index (χ0) is 27.9. The molecule has 0 N–H and O–H groups in total. The molecule has 0 saturated heterocycles. The van der Waals surface area contributed by atoms with Crippen LogP contribution in [0.1, 0.15) is 59.1 Å². The Balaban J connectivity index is 1.11. The van der Waals surface area contributed by atoms with Gasteiger partial charge in [-0.05, 0) is 55.3 Å². The van der Waals surface area contributed by atoms with Gasteiger partial charge in [-0.1, -0.05) is 29.5 Å². The largest absolute Gasteiger partial charge is 0.487 e. The number of non-ortho nitro benzene ring substituents is 1. The number of aromatic nitrogens is 3. The average molecular weight is 539 g/mol. The summed E-state index contributed by atoms with van der Waals surface area (Å²) in [5.41, 5.74) is 3.54. The molecule has 40 heavy (non-hydrogen) atoms. The van der Waals surface area contributed by atoms with Crippen LogP contribution in [0.2, 0.25) is 0 Å². The molecule has 1 atom stereocenters. The van der Waals surface area contributed by atoms with Gasteiger partial charge in [0, 0.05) is 23.8 Å². The third-order valence-electron chi connectivity index (χ3n) is 6.80. The summed E-state index contributed by atoms with van der Waals surface area (Å²) in [5, 5.41) is 19.1. The number of benzene rings is 3. The van der Waals surface area contributed by atoms with Crippen LogP contribution in [0.3, 0.4) is 0 Å². The quantitative estimate of drug-likeness (QED) is 0.217. The number of fused-ring (bicyclic) bond motifs is 2. The van der Waals surface area contributed by atoms with Crippen LogP contribution >= 0.6 is 0 Å². The van der Waals surface area contributed by atoms with Gasteiger partial charge >= 0.3 is 0 Å². The van der Waals surface area contributed by atoms with E-state index in [1.807, 2.05) is 44.2 Å². The van der Waals surface area contributed by atoms with Crippen molar-refractivity contribution in [3.05, 3.63) is 111 Å². The highest BCUT2D eigenvalue weighted by molar-refractivity contribution is 6.00. The van der Waals surface area contributed by atoms with Crippen molar-refractivity contribution in [2.75, 3.05) is 0 Å². The normalized spacial score (nSPS) is 16.9. The summed E-state index contributed by atoms with van der Waals surface area (Å²) in [6.07, 6.45) is 5.64. The van der Waals surface area contributed by atoms with Crippen molar-refractivity contribution in [1.82, 2.24) is 15.0 Å². The molecule has 202 valence electrons. The van der Waals surface area contributed by atoms with E-state index in [2.05, 4.69) is 10.3 Å². The number of hydrogen-bond donors (Lipinski definition) is 0. The summed E-state index contributed by atoms with van der Waals surface area (Å²) in [6.45, 7) is 4.60. The minimum atomic E-state index is -0.432. The minimum absolute atomic E-state index is 0.0117. The van der Waals surface area contributed by atoms with Crippen LogP contribution in [-0.4, -0.2) is 31.3 Å². The number of Topliss-reactive ketones (excluding diaryl/α,β-unsaturated/α-hetero) is 1. The second kappa shape index (κ2) is 9.96. The fourth-order valence-corrected chi connectivity index (χ4v) is 4.73. The molecule has 10 nitrogen and oxygen atoms in total. The number of carbonyl (C=O) groups is 1. The Kier molecular flexibility index (Phi) is 6.30. The van der Waals surface area contributed by atoms with Crippen LogP contribution in [0, 0.1) is 10.1 Å². The molecular weight excluding hydrogens is 512 g/mol. The van der Waals surface area contributed by atoms with Gasteiger partial charge in [-0.3, -0.25) is 14.9 Å². The van der Waals surface area contributed by atoms with E-state index in [4.69, 9.17) is 14.2 Å². The lowest BCUT2D eigenvalue weighted by Gasteiger charge is -2.30. The molecule has 6 rings (SSSR count). The van der Waals surface area contributed by atoms with Crippen molar-refractivity contribution in [2.24, 2.45) is 0 Å². The number of nitro groups is 1. The van der Waals surface area contributed by atoms with Gasteiger partial charge in [-0.15, -0.1) is 5.10 Å². The van der Waals surface area contributed by atoms with Crippen LogP contribution in [0.4, 0.5) is 5.69 Å². The molecular formula is C30H26N4O6. The zero-order valence-electron chi connectivity index (χ0n) is 21.9. The summed E-state index contributed by atoms with van der Waals surface area (Å²) in [5.74, 6) is 1.84. The van der Waals surface area contributed by atoms with Gasteiger partial charge in [-0.2, -0.15) is 0 Å². The number of rotatable bonds is 7. The van der Waals surface area contributed by atoms with E-state index in [-0.39, 0.29) is 30.1 Å². The van der Waals surface area contributed by atoms with Gasteiger partial charge in [0.05, 0.1) is 29.6 Å². The van der Waals surface area contributed by atoms with Gasteiger partial charge in [0.1, 0.15) is 41.3 Å². The Hall–Kier alpha value is -4.99. The Morgan fingerprint density at radius 1 is 1.10 bits per heavy atom. The molecule has 1 unspecified atom stereocenters. The first-order chi connectivity index (χ1) is 19.2. The molecule has 1 aromatic heterocycles. The van der Waals surface area contributed by atoms with Crippen LogP contribution in [-0.2, 0) is 13.2 Å². The summed E-state index contributed by atoms with van der Waals surface area (Å²) in [6, 6.07) is 17.4. The highest BCUT2D eigenvalue weighted by Crippen LogP contribution is 2.39. The molecule has 0 saturated carbocycles. The van der Waals surface area contributed by atoms with Crippen molar-refractivity contribution < 1.29 is 23.9 Å². The van der Waals surface area contributed by atoms with E-state index < -0.39 is 11.0 Å². The number of ether oxygens (including phenoxy) is 3. The first kappa shape index (κ1) is 25.3. The fraction of sp³-hybridized carbons (Fsp3) is 0.233. The second-order valence-corrected chi connectivity index (χ2v) is 10.3. The molecule has 10 heteroatoms. The molecule has 3 aromatic carbocycles. The van der Waals surface area contributed by atoms with E-state index in [0.717, 1.165) is 22.4 Å². The molecule has 4 aromatic rings. The number of hydrogen-bond acceptors (Lipinski definition) is 8. The Morgan fingerprint density at radius 2 is 1.93 bits per heavy atom. The van der Waals surface area contributed by atoms with E-state index in [9.17, 15) is 14.9 Å². The van der Waals surface area contributed by atoms with Gasteiger partial charge in [-0.25, -0.2) is 4.68 Å². The third-order valence-corrected chi connectivity index (χ3v) is 6.80. The monoisotopic (exact) mass is 538 g/mol. The average Bonchev–Trinajstić information content (AvgIpc) is 3.38. The highest BCUT2D eigenvalue weighted by atomic mass is 16.6. The number of nitrogens with zero attached hydrogens (tertiary/aromatic N) is 4. The van der Waals surface area contributed by atoms with Crippen LogP contribution in [0.5, 0.6) is 17.2 Å². The van der Waals surface area contributed by atoms with Crippen molar-refractivity contribution in [2.45, 2.75) is 45.1 Å². The van der Waals surface area contributed by atoms with E-state index >= 15 is 0 Å². The lowest BCUT2D eigenvalue weighted by atomic mass is 9.94. The number of nitro benzene ring substituents is 1. The third kappa shape index (κ3) is 5.28. The molecule has 0 amide bonds. The molecule has 0 fully saturated rings. The van der Waals surface area contributed by atoms with Crippen LogP contribution in [0.15, 0.2) is 72.9 Å². The Morgan fingerprint density at radius 3 is 2.73 bits per heavy atom. The summed E-state index contributed by atoms with van der Waals surface area (Å²) >= 11 is 0. The Labute approximate surface area is 230 Å². The van der Waals surface area contributed by atoms with Gasteiger partial charge in [0.25, 0.3) is 5.69 Å². The van der Waals surface area contributed by atoms with E-state index in [1.165, 1.54) is 12.1 Å². The smallest absolute Gasteiger partial charge is 0.269 e. The van der Waals surface area contributed by atoms with E-state index in [0.29, 0.717) is 29.3 Å². The zero-order valence-corrected chi connectivity index (χ0v) is 21.9. The second-order valence-electron chi connectivity index (χ2n) is 10.3. The van der Waals surface area contributed by atoms with Crippen molar-refractivity contribution >= 4 is 17.5 Å². The maximum Gasteiger partial charge on any atom is 0.269 e. The maximum atomic E-state index is 12.9. The maximum absolute atomic E-state index is 12.9. The molecule has 0 aliphatic carbocycles. The topological polar surface area (TPSA) is 119 Å². The van der Waals surface area contributed by atoms with Crippen molar-refractivity contribution in [1.29, 1.82) is 0 Å². The lowest BCUT2D eigenvalue weighted by Crippen LogP contribution is -2.27. The fourth-order valence-electron chi connectivity index (χ4n) is 4.73. The standard InChI is InChI=1S/C30H26N4O6/c1-30(2)12-11-21-13-20(5-10-27(21)40-30)28-15-26(35)25-9-8-24(14-29(25)39-28)38-18-22-17-33(32-31-22)16-19-3-6-23(7-4-19)34(36)37/h3-14,17,28H,15-16,18H2,1-2H3. The predicted octanol–water partition coefficient (Wildman–Crippen LogP) is 5.70. The first-order valence-electron chi connectivity index (χ1n) is 12.8. The van der Waals surface area contributed by atoms with E-state index in [1.54, 1.807) is 41.2 Å². The number of ketones is 1. The summed E-state index contributed by atoms with van der Waals surface area (Å²) in [4.78, 5) is 23.3. The van der Waals surface area contributed by atoms with Gasteiger partial charge in [0.2, 0.25) is 0 Å². The van der Waals surface area contributed by atoms with Crippen LogP contribution in [0.25, 0.3) is 6.08 Å². The first-order valence-corrected chi connectivity index (χ1v) is 12.8. The highest BCUT2D eigenvalue weighted by Gasteiger charge is 2.29. The van der Waals surface area contributed by atoms with Gasteiger partial charge in [0.15, 0.2) is 5.78 Å². The molecule has 2 aliphatic heterocycles. The molecule has 2 aliphatic rings. The minimum Gasteiger partial charge on any atom is -0.487 e. The van der Waals surface area contributed by atoms with Crippen LogP contribution < -0.4 is 14.2 Å². The predicted molar refractivity (Wildman–Crippen MR) is 145 cm³/mol. The molecule has 0 bridgehead atoms. The van der Waals surface area contributed by atoms with Crippen molar-refractivity contribution in [3.63, 3.8) is 0 Å². The summed E-state index contributed by atoms with van der Waals surface area (Å²) < 4.78 is 19.8. The SMILES string of the molecule is CC1(C)C=Cc2cc(C3CC(=O)c4ccc(OCc5cn(Cc6ccc([N+](=O)[O-])cc6)nn5)cc4O3)ccc2O1. The molecule has 0 radical (unpaired) electrons. The number of carbonyl (C=O) groups excluding carboxylic acids is 1. The van der Waals surface area contributed by atoms with Crippen molar-refractivity contribution in [3.8, 4) is 17.2 Å². The Bertz CT molecular complexity index is 1640. The van der Waals surface area contributed by atoms with Gasteiger partial charge < -0.3 is 14.2 Å². The summed E-state index contributed by atoms with van der Waals surface area (Å²) in [7, 11) is 0.